The fourth-order valence-electron chi connectivity index (χ4n) is 3.23. The van der Waals surface area contributed by atoms with Crippen LogP contribution in [0.3, 0.4) is 0 Å². The first kappa shape index (κ1) is 22.2. The molecule has 8 heteroatoms. The zero-order valence-corrected chi connectivity index (χ0v) is 18.5. The number of fused-ring (bicyclic) bond motifs is 1. The number of anilines is 2. The normalized spacial score (nSPS) is 12.2. The van der Waals surface area contributed by atoms with Crippen molar-refractivity contribution in [1.82, 2.24) is 0 Å². The van der Waals surface area contributed by atoms with Crippen molar-refractivity contribution in [2.24, 2.45) is 0 Å². The van der Waals surface area contributed by atoms with Crippen molar-refractivity contribution in [3.05, 3.63) is 77.9 Å². The molecule has 4 rings (SSSR count). The number of nitriles is 1. The van der Waals surface area contributed by atoms with Crippen molar-refractivity contribution in [3.63, 3.8) is 0 Å². The lowest BCUT2D eigenvalue weighted by molar-refractivity contribution is -0.113. The number of thioether (sulfide) groups is 1. The maximum absolute atomic E-state index is 12.9. The van der Waals surface area contributed by atoms with Crippen LogP contribution in [0.1, 0.15) is 22.3 Å². The van der Waals surface area contributed by atoms with Crippen LogP contribution in [0, 0.1) is 11.3 Å². The van der Waals surface area contributed by atoms with Gasteiger partial charge in [0, 0.05) is 28.8 Å². The zero-order chi connectivity index (χ0) is 23.0. The lowest BCUT2D eigenvalue weighted by Gasteiger charge is -2.12. The predicted molar refractivity (Wildman–Crippen MR) is 127 cm³/mol. The molecule has 0 saturated carbocycles. The van der Waals surface area contributed by atoms with Crippen LogP contribution >= 0.6 is 11.8 Å². The van der Waals surface area contributed by atoms with Crippen molar-refractivity contribution >= 4 is 35.0 Å². The molecule has 1 aliphatic heterocycles. The summed E-state index contributed by atoms with van der Waals surface area (Å²) in [7, 11) is 0. The van der Waals surface area contributed by atoms with E-state index in [4.69, 9.17) is 14.7 Å². The minimum Gasteiger partial charge on any atom is -0.490 e. The van der Waals surface area contributed by atoms with E-state index in [9.17, 15) is 9.59 Å². The van der Waals surface area contributed by atoms with E-state index < -0.39 is 0 Å². The summed E-state index contributed by atoms with van der Waals surface area (Å²) in [5.41, 5.74) is 2.09. The molecule has 0 fully saturated rings. The number of amides is 2. The van der Waals surface area contributed by atoms with E-state index in [0.717, 1.165) is 6.42 Å². The number of benzene rings is 3. The number of hydrogen-bond acceptors (Lipinski definition) is 6. The Morgan fingerprint density at radius 3 is 2.55 bits per heavy atom. The molecule has 0 bridgehead atoms. The van der Waals surface area contributed by atoms with E-state index in [2.05, 4.69) is 10.6 Å². The SMILES string of the molecule is N#Cc1cccc(NC(=O)CSc2ccccc2C(=O)Nc2ccc3c(c2)OCCCO3)c1. The molecule has 2 amide bonds. The minimum absolute atomic E-state index is 0.116. The first-order chi connectivity index (χ1) is 16.1. The van der Waals surface area contributed by atoms with Crippen LogP contribution in [0.25, 0.3) is 0 Å². The Morgan fingerprint density at radius 2 is 1.70 bits per heavy atom. The molecule has 1 aliphatic rings. The summed E-state index contributed by atoms with van der Waals surface area (Å²) >= 11 is 1.27. The van der Waals surface area contributed by atoms with Gasteiger partial charge in [0.25, 0.3) is 5.91 Å². The van der Waals surface area contributed by atoms with Gasteiger partial charge >= 0.3 is 0 Å². The van der Waals surface area contributed by atoms with Gasteiger partial charge < -0.3 is 20.1 Å². The molecular formula is C25H21N3O4S. The number of ether oxygens (including phenoxy) is 2. The molecule has 1 heterocycles. The molecule has 0 aliphatic carbocycles. The van der Waals surface area contributed by atoms with E-state index in [1.165, 1.54) is 11.8 Å². The van der Waals surface area contributed by atoms with Crippen LogP contribution in [0.4, 0.5) is 11.4 Å². The van der Waals surface area contributed by atoms with E-state index in [0.29, 0.717) is 52.1 Å². The molecule has 3 aromatic rings. The van der Waals surface area contributed by atoms with E-state index in [1.807, 2.05) is 12.1 Å². The Balaban J connectivity index is 1.40. The first-order valence-electron chi connectivity index (χ1n) is 10.4. The van der Waals surface area contributed by atoms with Gasteiger partial charge in [-0.15, -0.1) is 11.8 Å². The van der Waals surface area contributed by atoms with Gasteiger partial charge in [0.1, 0.15) is 0 Å². The molecule has 0 aromatic heterocycles. The second-order valence-corrected chi connectivity index (χ2v) is 8.21. The number of carbonyl (C=O) groups is 2. The summed E-state index contributed by atoms with van der Waals surface area (Å²) in [5.74, 6) is 0.867. The van der Waals surface area contributed by atoms with Gasteiger partial charge in [-0.05, 0) is 42.5 Å². The van der Waals surface area contributed by atoms with Gasteiger partial charge in [-0.3, -0.25) is 9.59 Å². The van der Waals surface area contributed by atoms with Crippen molar-refractivity contribution in [2.45, 2.75) is 11.3 Å². The first-order valence-corrected chi connectivity index (χ1v) is 11.3. The Hall–Kier alpha value is -3.96. The smallest absolute Gasteiger partial charge is 0.256 e. The maximum atomic E-state index is 12.9. The van der Waals surface area contributed by atoms with Crippen LogP contribution in [-0.4, -0.2) is 30.8 Å². The van der Waals surface area contributed by atoms with Crippen molar-refractivity contribution < 1.29 is 19.1 Å². The average Bonchev–Trinajstić information content (AvgIpc) is 3.08. The number of rotatable bonds is 6. The monoisotopic (exact) mass is 459 g/mol. The van der Waals surface area contributed by atoms with Gasteiger partial charge in [0.15, 0.2) is 11.5 Å². The summed E-state index contributed by atoms with van der Waals surface area (Å²) in [4.78, 5) is 26.0. The highest BCUT2D eigenvalue weighted by Gasteiger charge is 2.16. The third kappa shape index (κ3) is 5.84. The molecule has 3 aromatic carbocycles. The van der Waals surface area contributed by atoms with Gasteiger partial charge in [0.2, 0.25) is 5.91 Å². The molecule has 166 valence electrons. The van der Waals surface area contributed by atoms with Crippen LogP contribution < -0.4 is 20.1 Å². The summed E-state index contributed by atoms with van der Waals surface area (Å²) in [6.45, 7) is 1.16. The standard InChI is InChI=1S/C25H21N3O4S/c26-15-17-5-3-6-18(13-17)27-24(29)16-33-23-8-2-1-7-20(23)25(30)28-19-9-10-21-22(14-19)32-12-4-11-31-21/h1-3,5-10,13-14H,4,11-12,16H2,(H,27,29)(H,28,30). The second kappa shape index (κ2) is 10.6. The van der Waals surface area contributed by atoms with Crippen LogP contribution in [0.2, 0.25) is 0 Å². The summed E-state index contributed by atoms with van der Waals surface area (Å²) in [6.07, 6.45) is 0.804. The molecular weight excluding hydrogens is 438 g/mol. The highest BCUT2D eigenvalue weighted by Crippen LogP contribution is 2.33. The Labute approximate surface area is 195 Å². The van der Waals surface area contributed by atoms with Gasteiger partial charge in [-0.2, -0.15) is 5.26 Å². The predicted octanol–water partition coefficient (Wildman–Crippen LogP) is 4.70. The summed E-state index contributed by atoms with van der Waals surface area (Å²) in [6, 6.07) is 21.2. The number of nitrogens with zero attached hydrogens (tertiary/aromatic N) is 1. The van der Waals surface area contributed by atoms with Crippen LogP contribution in [-0.2, 0) is 4.79 Å². The molecule has 0 atom stereocenters. The molecule has 33 heavy (non-hydrogen) atoms. The fourth-order valence-corrected chi connectivity index (χ4v) is 4.08. The Morgan fingerprint density at radius 1 is 0.909 bits per heavy atom. The summed E-state index contributed by atoms with van der Waals surface area (Å²) in [5, 5.41) is 14.7. The Kier molecular flexibility index (Phi) is 7.12. The second-order valence-electron chi connectivity index (χ2n) is 7.19. The highest BCUT2D eigenvalue weighted by atomic mass is 32.2. The molecule has 7 nitrogen and oxygen atoms in total. The average molecular weight is 460 g/mol. The molecule has 0 saturated heterocycles. The van der Waals surface area contributed by atoms with E-state index >= 15 is 0 Å². The van der Waals surface area contributed by atoms with E-state index in [-0.39, 0.29) is 17.6 Å². The van der Waals surface area contributed by atoms with Crippen molar-refractivity contribution in [2.75, 3.05) is 29.6 Å². The minimum atomic E-state index is -0.283. The number of carbonyl (C=O) groups excluding carboxylic acids is 2. The Bertz CT molecular complexity index is 1220. The lowest BCUT2D eigenvalue weighted by Crippen LogP contribution is -2.16. The quantitative estimate of drug-likeness (QED) is 0.518. The molecule has 0 unspecified atom stereocenters. The fraction of sp³-hybridized carbons (Fsp3) is 0.160. The third-order valence-corrected chi connectivity index (χ3v) is 5.84. The highest BCUT2D eigenvalue weighted by molar-refractivity contribution is 8.00. The van der Waals surface area contributed by atoms with Crippen LogP contribution in [0.15, 0.2) is 71.6 Å². The number of hydrogen-bond donors (Lipinski definition) is 2. The number of nitrogens with one attached hydrogen (secondary N) is 2. The van der Waals surface area contributed by atoms with Gasteiger partial charge in [-0.1, -0.05) is 18.2 Å². The maximum Gasteiger partial charge on any atom is 0.256 e. The summed E-state index contributed by atoms with van der Waals surface area (Å²) < 4.78 is 11.3. The van der Waals surface area contributed by atoms with E-state index in [1.54, 1.807) is 60.7 Å². The van der Waals surface area contributed by atoms with Gasteiger partial charge in [0.05, 0.1) is 36.2 Å². The molecule has 2 N–H and O–H groups in total. The molecule has 0 radical (unpaired) electrons. The van der Waals surface area contributed by atoms with Crippen LogP contribution in [0.5, 0.6) is 11.5 Å². The largest absolute Gasteiger partial charge is 0.490 e. The topological polar surface area (TPSA) is 100 Å². The zero-order valence-electron chi connectivity index (χ0n) is 17.7. The van der Waals surface area contributed by atoms with Crippen molar-refractivity contribution in [1.29, 1.82) is 5.26 Å². The molecule has 0 spiro atoms. The van der Waals surface area contributed by atoms with Crippen molar-refractivity contribution in [3.8, 4) is 17.6 Å². The third-order valence-electron chi connectivity index (χ3n) is 4.77. The lowest BCUT2D eigenvalue weighted by atomic mass is 10.2. The van der Waals surface area contributed by atoms with Gasteiger partial charge in [-0.25, -0.2) is 0 Å².